The summed E-state index contributed by atoms with van der Waals surface area (Å²) in [6.45, 7) is 7.10. The number of imide groups is 1. The molecule has 1 saturated carbocycles. The SMILES string of the molecule is [2H]C1([2H])[C@H](C(=O)Nc2ccc(CNC(=O)c3ccc(N4CCN(C(=O)CCSSC(C)(C)CC(=O)N/N=C5\CCN(C)c6cc(OCCCC(=O)ON7C(=O)CCC7=O)ccc65)CC4)cc3)c(F)c2)[C@H]1c1cccnc1. The second kappa shape index (κ2) is 24.4. The van der Waals surface area contributed by atoms with Crippen LogP contribution in [0.2, 0.25) is 0 Å². The van der Waals surface area contributed by atoms with Crippen molar-refractivity contribution in [1.82, 2.24) is 25.7 Å². The van der Waals surface area contributed by atoms with Gasteiger partial charge in [0.25, 0.3) is 17.7 Å². The van der Waals surface area contributed by atoms with Gasteiger partial charge in [-0.15, -0.1) is 5.06 Å². The molecule has 390 valence electrons. The van der Waals surface area contributed by atoms with Gasteiger partial charge in [-0.25, -0.2) is 14.6 Å². The summed E-state index contributed by atoms with van der Waals surface area (Å²) < 4.78 is 37.1. The first-order chi connectivity index (χ1) is 36.4. The summed E-state index contributed by atoms with van der Waals surface area (Å²) in [5, 5.41) is 10.4. The molecule has 4 aliphatic rings. The fourth-order valence-corrected chi connectivity index (χ4v) is 11.1. The molecule has 1 aliphatic carbocycles. The van der Waals surface area contributed by atoms with Crippen LogP contribution in [0.15, 0.2) is 90.3 Å². The highest BCUT2D eigenvalue weighted by Crippen LogP contribution is 2.47. The largest absolute Gasteiger partial charge is 0.494 e. The number of amides is 6. The number of aromatic nitrogens is 1. The number of nitrogens with one attached hydrogen (secondary N) is 3. The van der Waals surface area contributed by atoms with Gasteiger partial charge in [-0.1, -0.05) is 33.7 Å². The van der Waals surface area contributed by atoms with Crippen molar-refractivity contribution < 1.29 is 50.3 Å². The Hall–Kier alpha value is -7.00. The van der Waals surface area contributed by atoms with Gasteiger partial charge < -0.3 is 34.9 Å². The van der Waals surface area contributed by atoms with Crippen molar-refractivity contribution in [3.63, 3.8) is 0 Å². The number of pyridine rings is 1. The van der Waals surface area contributed by atoms with Gasteiger partial charge in [-0.2, -0.15) is 5.10 Å². The van der Waals surface area contributed by atoms with Crippen LogP contribution in [0.3, 0.4) is 0 Å². The number of rotatable bonds is 21. The van der Waals surface area contributed by atoms with Gasteiger partial charge in [-0.05, 0) is 92.7 Å². The Bertz CT molecular complexity index is 2860. The average molecular weight is 1050 g/mol. The van der Waals surface area contributed by atoms with Crippen LogP contribution in [-0.2, 0) is 40.1 Å². The molecular formula is C53H60FN9O9S2. The molecule has 4 aromatic rings. The van der Waals surface area contributed by atoms with Crippen LogP contribution in [0, 0.1) is 11.7 Å². The number of nitrogens with zero attached hydrogens (tertiary/aromatic N) is 6. The third kappa shape index (κ3) is 14.2. The lowest BCUT2D eigenvalue weighted by atomic mass is 10.00. The van der Waals surface area contributed by atoms with E-state index in [0.717, 1.165) is 28.7 Å². The van der Waals surface area contributed by atoms with Crippen molar-refractivity contribution >= 4 is 85.8 Å². The summed E-state index contributed by atoms with van der Waals surface area (Å²) >= 11 is 0. The number of hydrogen-bond donors (Lipinski definition) is 3. The van der Waals surface area contributed by atoms with Gasteiger partial charge in [0.15, 0.2) is 0 Å². The smallest absolute Gasteiger partial charge is 0.333 e. The lowest BCUT2D eigenvalue weighted by Crippen LogP contribution is -2.48. The standard InChI is InChI=1S/C53H60FN9O9S2/c1-53(2,31-46(64)59-58-44-18-21-60(3)45-29-39(14-15-40(44)45)71-26-5-7-50(68)72-63-48(66)16-17-49(63)67)74-73-27-19-47(65)62-24-22-61(23-25-62)38-12-9-34(10-13-38)51(69)56-33-36-8-11-37(28-43(36)54)57-52(70)42-30-41(42)35-6-4-20-55-32-35/h4,6,8-15,20,28-29,32,41-42H,5,7,16-19,21-27,30-31,33H2,1-3H3,(H,56,69)(H,57,70)(H,59,64)/b58-44+/t41-,42+/m1/s1/i30D2. The first kappa shape index (κ1) is 50.5. The van der Waals surface area contributed by atoms with Gasteiger partial charge >= 0.3 is 5.97 Å². The molecule has 0 unspecified atom stereocenters. The van der Waals surface area contributed by atoms with E-state index in [0.29, 0.717) is 79.7 Å². The van der Waals surface area contributed by atoms with Crippen molar-refractivity contribution in [2.75, 3.05) is 67.2 Å². The number of halogens is 1. The van der Waals surface area contributed by atoms with Crippen LogP contribution in [-0.4, -0.2) is 119 Å². The molecule has 4 heterocycles. The zero-order chi connectivity index (χ0) is 54.1. The number of hydroxylamine groups is 2. The summed E-state index contributed by atoms with van der Waals surface area (Å²) in [5.41, 5.74) is 7.55. The van der Waals surface area contributed by atoms with E-state index in [1.807, 2.05) is 50.1 Å². The monoisotopic (exact) mass is 1050 g/mol. The fraction of sp³-hybridized carbons (Fsp3) is 0.415. The van der Waals surface area contributed by atoms with Crippen LogP contribution >= 0.6 is 21.6 Å². The maximum Gasteiger partial charge on any atom is 0.333 e. The molecule has 2 atom stereocenters. The Morgan fingerprint density at radius 2 is 1.70 bits per heavy atom. The number of piperazine rings is 1. The molecule has 8 rings (SSSR count). The lowest BCUT2D eigenvalue weighted by Gasteiger charge is -2.36. The van der Waals surface area contributed by atoms with Gasteiger partial charge in [0, 0.05) is 150 Å². The summed E-state index contributed by atoms with van der Waals surface area (Å²) in [6.07, 6.45) is 2.91. The normalized spacial score (nSPS) is 19.1. The molecule has 3 aromatic carbocycles. The number of fused-ring (bicyclic) bond motifs is 1. The zero-order valence-corrected chi connectivity index (χ0v) is 43.0. The number of hydrazone groups is 1. The summed E-state index contributed by atoms with van der Waals surface area (Å²) in [6, 6.07) is 20.2. The van der Waals surface area contributed by atoms with Crippen molar-refractivity contribution in [2.45, 2.75) is 82.4 Å². The molecule has 18 nitrogen and oxygen atoms in total. The third-order valence-electron chi connectivity index (χ3n) is 12.8. The van der Waals surface area contributed by atoms with Crippen LogP contribution in [0.4, 0.5) is 21.5 Å². The molecular weight excluding hydrogens is 990 g/mol. The lowest BCUT2D eigenvalue weighted by molar-refractivity contribution is -0.197. The van der Waals surface area contributed by atoms with Gasteiger partial charge in [-0.3, -0.25) is 33.8 Å². The summed E-state index contributed by atoms with van der Waals surface area (Å²) in [5.74, 6) is -3.86. The Kier molecular flexibility index (Phi) is 16.6. The minimum Gasteiger partial charge on any atom is -0.494 e. The van der Waals surface area contributed by atoms with Gasteiger partial charge in [0.1, 0.15) is 11.6 Å². The minimum atomic E-state index is -1.75. The van der Waals surface area contributed by atoms with E-state index in [1.54, 1.807) is 58.1 Å². The number of carbonyl (C=O) groups excluding carboxylic acids is 7. The van der Waals surface area contributed by atoms with Crippen LogP contribution in [0.1, 0.15) is 101 Å². The molecule has 3 fully saturated rings. The Morgan fingerprint density at radius 1 is 0.932 bits per heavy atom. The third-order valence-corrected chi connectivity index (χ3v) is 16.0. The molecule has 0 spiro atoms. The van der Waals surface area contributed by atoms with Crippen LogP contribution < -0.4 is 30.6 Å². The Morgan fingerprint density at radius 3 is 2.43 bits per heavy atom. The predicted molar refractivity (Wildman–Crippen MR) is 281 cm³/mol. The second-order valence-corrected chi connectivity index (χ2v) is 22.0. The summed E-state index contributed by atoms with van der Waals surface area (Å²) in [4.78, 5) is 103. The first-order valence-electron chi connectivity index (χ1n) is 25.5. The molecule has 2 saturated heterocycles. The molecule has 74 heavy (non-hydrogen) atoms. The highest BCUT2D eigenvalue weighted by atomic mass is 33.1. The van der Waals surface area contributed by atoms with E-state index in [9.17, 15) is 33.6 Å². The Labute approximate surface area is 439 Å². The topological polar surface area (TPSA) is 212 Å². The number of anilines is 3. The molecule has 0 radical (unpaired) electrons. The highest BCUT2D eigenvalue weighted by Gasteiger charge is 2.44. The fourth-order valence-electron chi connectivity index (χ4n) is 8.61. The number of benzene rings is 3. The minimum absolute atomic E-state index is 0.0269. The molecule has 0 bridgehead atoms. The second-order valence-electron chi connectivity index (χ2n) is 18.8. The molecule has 6 amide bonds. The quantitative estimate of drug-likeness (QED) is 0.0347. The molecule has 21 heteroatoms. The van der Waals surface area contributed by atoms with Crippen LogP contribution in [0.25, 0.3) is 0 Å². The highest BCUT2D eigenvalue weighted by molar-refractivity contribution is 8.77. The van der Waals surface area contributed by atoms with E-state index < -0.39 is 52.5 Å². The summed E-state index contributed by atoms with van der Waals surface area (Å²) in [7, 11) is 5.07. The van der Waals surface area contributed by atoms with Crippen LogP contribution in [0.5, 0.6) is 5.75 Å². The van der Waals surface area contributed by atoms with Gasteiger partial charge in [0.2, 0.25) is 17.7 Å². The maximum atomic E-state index is 15.1. The number of hydrogen-bond acceptors (Lipinski definition) is 15. The zero-order valence-electron chi connectivity index (χ0n) is 43.4. The van der Waals surface area contributed by atoms with Crippen molar-refractivity contribution in [2.24, 2.45) is 11.0 Å². The average Bonchev–Trinajstić information content (AvgIpc) is 4.10. The van der Waals surface area contributed by atoms with Crippen molar-refractivity contribution in [3.8, 4) is 5.75 Å². The molecule has 3 aliphatic heterocycles. The predicted octanol–water partition coefficient (Wildman–Crippen LogP) is 6.61. The van der Waals surface area contributed by atoms with Gasteiger partial charge in [0.05, 0.1) is 18.7 Å². The van der Waals surface area contributed by atoms with Crippen molar-refractivity contribution in [1.29, 1.82) is 0 Å². The Balaban J connectivity index is 0.699. The van der Waals surface area contributed by atoms with E-state index >= 15 is 4.39 Å². The molecule has 1 aromatic heterocycles. The van der Waals surface area contributed by atoms with E-state index in [4.69, 9.17) is 12.3 Å². The first-order valence-corrected chi connectivity index (χ1v) is 26.8. The number of carbonyl (C=O) groups is 7. The number of ether oxygens (including phenoxy) is 1. The maximum absolute atomic E-state index is 15.1. The van der Waals surface area contributed by atoms with Crippen molar-refractivity contribution in [3.05, 3.63) is 113 Å². The van der Waals surface area contributed by atoms with E-state index in [2.05, 4.69) is 35.9 Å². The van der Waals surface area contributed by atoms with E-state index in [-0.39, 0.29) is 67.8 Å². The van der Waals surface area contributed by atoms with E-state index in [1.165, 1.54) is 18.3 Å². The molecule has 3 N–H and O–H groups in total.